The Kier molecular flexibility index (Phi) is 4.80. The largest absolute Gasteiger partial charge is 0.372 e. The molecule has 5 heteroatoms. The van der Waals surface area contributed by atoms with Gasteiger partial charge in [0.1, 0.15) is 5.82 Å². The van der Waals surface area contributed by atoms with Crippen LogP contribution in [-0.4, -0.2) is 5.78 Å². The van der Waals surface area contributed by atoms with Crippen LogP contribution in [0.1, 0.15) is 35.9 Å². The van der Waals surface area contributed by atoms with E-state index >= 15 is 0 Å². The maximum atomic E-state index is 14.7. The van der Waals surface area contributed by atoms with Crippen LogP contribution in [0, 0.1) is 5.82 Å². The summed E-state index contributed by atoms with van der Waals surface area (Å²) in [6.07, 6.45) is 1.05. The van der Waals surface area contributed by atoms with E-state index < -0.39 is 6.04 Å². The Bertz CT molecular complexity index is 1160. The molecular weight excluding hydrogens is 399 g/mol. The number of hydrogen-bond donors (Lipinski definition) is 2. The molecule has 2 N–H and O–H groups in total. The molecule has 3 nitrogen and oxygen atoms in total. The van der Waals surface area contributed by atoms with Gasteiger partial charge in [-0.1, -0.05) is 54.1 Å². The maximum absolute atomic E-state index is 14.7. The number of allylic oxidation sites excluding steroid dienone is 1. The van der Waals surface area contributed by atoms with Gasteiger partial charge in [0.2, 0.25) is 0 Å². The number of para-hydroxylation sites is 2. The van der Waals surface area contributed by atoms with Crippen molar-refractivity contribution >= 4 is 28.8 Å². The predicted molar refractivity (Wildman–Crippen MR) is 118 cm³/mol. The zero-order valence-electron chi connectivity index (χ0n) is 16.2. The Morgan fingerprint density at radius 1 is 0.867 bits per heavy atom. The predicted octanol–water partition coefficient (Wildman–Crippen LogP) is 6.46. The highest BCUT2D eigenvalue weighted by molar-refractivity contribution is 6.30. The lowest BCUT2D eigenvalue weighted by Gasteiger charge is -2.30. The second kappa shape index (κ2) is 7.62. The number of anilines is 2. The molecule has 2 atom stereocenters. The molecule has 2 aliphatic rings. The molecule has 1 heterocycles. The van der Waals surface area contributed by atoms with Crippen LogP contribution in [0.15, 0.2) is 84.1 Å². The van der Waals surface area contributed by atoms with Crippen molar-refractivity contribution in [2.45, 2.75) is 24.8 Å². The minimum Gasteiger partial charge on any atom is -0.372 e. The normalized spacial score (nSPS) is 20.5. The Hall–Kier alpha value is -3.11. The van der Waals surface area contributed by atoms with Crippen LogP contribution in [0.4, 0.5) is 15.8 Å². The van der Waals surface area contributed by atoms with Crippen molar-refractivity contribution in [3.63, 3.8) is 0 Å². The molecular formula is C25H20ClFN2O. The molecule has 3 aromatic carbocycles. The third kappa shape index (κ3) is 3.37. The van der Waals surface area contributed by atoms with Crippen LogP contribution in [0.2, 0.25) is 5.02 Å². The molecule has 0 bridgehead atoms. The van der Waals surface area contributed by atoms with E-state index in [4.69, 9.17) is 11.6 Å². The molecule has 0 aromatic heterocycles. The first-order valence-electron chi connectivity index (χ1n) is 9.99. The van der Waals surface area contributed by atoms with Crippen molar-refractivity contribution in [3.8, 4) is 0 Å². The van der Waals surface area contributed by atoms with E-state index in [1.54, 1.807) is 18.2 Å². The van der Waals surface area contributed by atoms with Crippen molar-refractivity contribution < 1.29 is 9.18 Å². The number of fused-ring (bicyclic) bond motifs is 1. The molecule has 0 unspecified atom stereocenters. The van der Waals surface area contributed by atoms with Crippen molar-refractivity contribution in [3.05, 3.63) is 106 Å². The highest BCUT2D eigenvalue weighted by Crippen LogP contribution is 2.44. The molecule has 30 heavy (non-hydrogen) atoms. The summed E-state index contributed by atoms with van der Waals surface area (Å²) >= 11 is 6.04. The van der Waals surface area contributed by atoms with E-state index in [-0.39, 0.29) is 17.5 Å². The standard InChI is InChI=1S/C25H20ClFN2O/c26-17-11-9-15(10-12-17)16-13-22-24(23(30)14-16)25(18-5-1-2-6-19(18)27)29-21-8-4-3-7-20(21)28-22/h1-12,16,25,28-29H,13-14H2/t16-,25+/m1/s1. The Morgan fingerprint density at radius 2 is 1.57 bits per heavy atom. The van der Waals surface area contributed by atoms with Crippen LogP contribution in [0.3, 0.4) is 0 Å². The average Bonchev–Trinajstić information content (AvgIpc) is 2.91. The fourth-order valence-electron chi connectivity index (χ4n) is 4.41. The van der Waals surface area contributed by atoms with E-state index in [1.807, 2.05) is 48.5 Å². The van der Waals surface area contributed by atoms with E-state index in [2.05, 4.69) is 10.6 Å². The molecule has 0 saturated heterocycles. The fraction of sp³-hybridized carbons (Fsp3) is 0.160. The van der Waals surface area contributed by atoms with Crippen molar-refractivity contribution in [2.75, 3.05) is 10.6 Å². The summed E-state index contributed by atoms with van der Waals surface area (Å²) in [6, 6.07) is 21.5. The second-order valence-corrected chi connectivity index (χ2v) is 8.18. The Morgan fingerprint density at radius 3 is 2.33 bits per heavy atom. The highest BCUT2D eigenvalue weighted by Gasteiger charge is 2.36. The zero-order valence-corrected chi connectivity index (χ0v) is 16.9. The lowest BCUT2D eigenvalue weighted by atomic mass is 9.78. The first-order valence-corrected chi connectivity index (χ1v) is 10.4. The Balaban J connectivity index is 1.62. The van der Waals surface area contributed by atoms with Crippen LogP contribution >= 0.6 is 11.6 Å². The third-order valence-corrected chi connectivity index (χ3v) is 6.12. The molecule has 0 amide bonds. The van der Waals surface area contributed by atoms with Gasteiger partial charge in [0, 0.05) is 28.3 Å². The molecule has 1 aliphatic heterocycles. The summed E-state index contributed by atoms with van der Waals surface area (Å²) in [5, 5.41) is 7.55. The van der Waals surface area contributed by atoms with Crippen LogP contribution in [-0.2, 0) is 4.79 Å². The number of carbonyl (C=O) groups excluding carboxylic acids is 1. The molecule has 0 saturated carbocycles. The number of ketones is 1. The monoisotopic (exact) mass is 418 g/mol. The van der Waals surface area contributed by atoms with Gasteiger partial charge in [-0.3, -0.25) is 4.79 Å². The maximum Gasteiger partial charge on any atom is 0.163 e. The molecule has 3 aromatic rings. The SMILES string of the molecule is O=C1C[C@H](c2ccc(Cl)cc2)CC2=C1[C@H](c1ccccc1F)Nc1ccccc1N2. The molecule has 0 spiro atoms. The second-order valence-electron chi connectivity index (χ2n) is 7.74. The van der Waals surface area contributed by atoms with Gasteiger partial charge in [0.05, 0.1) is 17.4 Å². The van der Waals surface area contributed by atoms with E-state index in [1.165, 1.54) is 6.07 Å². The molecule has 0 radical (unpaired) electrons. The van der Waals surface area contributed by atoms with Gasteiger partial charge in [-0.15, -0.1) is 0 Å². The van der Waals surface area contributed by atoms with E-state index in [9.17, 15) is 9.18 Å². The van der Waals surface area contributed by atoms with E-state index in [0.29, 0.717) is 29.0 Å². The summed E-state index contributed by atoms with van der Waals surface area (Å²) in [5.41, 5.74) is 4.73. The summed E-state index contributed by atoms with van der Waals surface area (Å²) in [5.74, 6) is -0.251. The number of halogens is 2. The number of Topliss-reactive ketones (excluding diaryl/α,β-unsaturated/α-hetero) is 1. The number of nitrogens with one attached hydrogen (secondary N) is 2. The van der Waals surface area contributed by atoms with Gasteiger partial charge in [0.25, 0.3) is 0 Å². The molecule has 1 aliphatic carbocycles. The molecule has 0 fully saturated rings. The third-order valence-electron chi connectivity index (χ3n) is 5.87. The van der Waals surface area contributed by atoms with Gasteiger partial charge >= 0.3 is 0 Å². The van der Waals surface area contributed by atoms with Gasteiger partial charge < -0.3 is 10.6 Å². The number of rotatable bonds is 2. The topological polar surface area (TPSA) is 41.1 Å². The van der Waals surface area contributed by atoms with Crippen molar-refractivity contribution in [2.24, 2.45) is 0 Å². The summed E-state index contributed by atoms with van der Waals surface area (Å²) < 4.78 is 14.7. The zero-order chi connectivity index (χ0) is 20.7. The highest BCUT2D eigenvalue weighted by atomic mass is 35.5. The average molecular weight is 419 g/mol. The molecule has 150 valence electrons. The van der Waals surface area contributed by atoms with Gasteiger partial charge in [-0.2, -0.15) is 0 Å². The van der Waals surface area contributed by atoms with Crippen LogP contribution in [0.25, 0.3) is 0 Å². The number of hydrogen-bond acceptors (Lipinski definition) is 3. The smallest absolute Gasteiger partial charge is 0.163 e. The summed E-state index contributed by atoms with van der Waals surface area (Å²) in [7, 11) is 0. The van der Waals surface area contributed by atoms with Crippen LogP contribution < -0.4 is 10.6 Å². The first-order chi connectivity index (χ1) is 14.6. The lowest BCUT2D eigenvalue weighted by molar-refractivity contribution is -0.116. The minimum absolute atomic E-state index is 0.0252. The van der Waals surface area contributed by atoms with Gasteiger partial charge in [-0.25, -0.2) is 4.39 Å². The van der Waals surface area contributed by atoms with Gasteiger partial charge in [-0.05, 0) is 48.2 Å². The molecule has 5 rings (SSSR count). The quantitative estimate of drug-likeness (QED) is 0.501. The first kappa shape index (κ1) is 18.9. The summed E-state index contributed by atoms with van der Waals surface area (Å²) in [6.45, 7) is 0. The number of carbonyl (C=O) groups is 1. The fourth-order valence-corrected chi connectivity index (χ4v) is 4.53. The van der Waals surface area contributed by atoms with E-state index in [0.717, 1.165) is 22.6 Å². The Labute approximate surface area is 179 Å². The van der Waals surface area contributed by atoms with Crippen LogP contribution in [0.5, 0.6) is 0 Å². The number of benzene rings is 3. The summed E-state index contributed by atoms with van der Waals surface area (Å²) in [4.78, 5) is 13.4. The van der Waals surface area contributed by atoms with Crippen molar-refractivity contribution in [1.82, 2.24) is 0 Å². The van der Waals surface area contributed by atoms with Gasteiger partial charge in [0.15, 0.2) is 5.78 Å². The minimum atomic E-state index is -0.545. The lowest BCUT2D eigenvalue weighted by Crippen LogP contribution is -2.27. The van der Waals surface area contributed by atoms with Crippen molar-refractivity contribution in [1.29, 1.82) is 0 Å².